The molecule has 8 nitrogen and oxygen atoms in total. The molecule has 0 unspecified atom stereocenters. The molecule has 0 saturated heterocycles. The SMILES string of the molecule is CC[C@@H](C(=O)NCC(C)C)N(Cc1cccc(OC)c1)C(=O)CN(c1ccccc1)S(=O)(=O)c1ccccc1. The normalized spacial score (nSPS) is 12.0. The Hall–Kier alpha value is -3.85. The van der Waals surface area contributed by atoms with Crippen LogP contribution in [0.15, 0.2) is 89.8 Å². The van der Waals surface area contributed by atoms with Gasteiger partial charge in [-0.2, -0.15) is 0 Å². The number of amides is 2. The zero-order valence-electron chi connectivity index (χ0n) is 22.9. The number of carbonyl (C=O) groups is 2. The van der Waals surface area contributed by atoms with Crippen LogP contribution in [0.3, 0.4) is 0 Å². The first kappa shape index (κ1) is 29.7. The summed E-state index contributed by atoms with van der Waals surface area (Å²) in [7, 11) is -2.52. The van der Waals surface area contributed by atoms with Gasteiger partial charge < -0.3 is 15.0 Å². The van der Waals surface area contributed by atoms with Crippen molar-refractivity contribution in [2.75, 3.05) is 24.5 Å². The number of rotatable bonds is 13. The van der Waals surface area contributed by atoms with Gasteiger partial charge in [-0.3, -0.25) is 13.9 Å². The molecular weight excluding hydrogens is 514 g/mol. The van der Waals surface area contributed by atoms with Crippen molar-refractivity contribution >= 4 is 27.5 Å². The predicted molar refractivity (Wildman–Crippen MR) is 153 cm³/mol. The summed E-state index contributed by atoms with van der Waals surface area (Å²) in [4.78, 5) is 28.8. The Bertz CT molecular complexity index is 1330. The lowest BCUT2D eigenvalue weighted by molar-refractivity contribution is -0.140. The molecule has 0 aliphatic carbocycles. The number of anilines is 1. The van der Waals surface area contributed by atoms with Gasteiger partial charge in [0.25, 0.3) is 10.0 Å². The highest BCUT2D eigenvalue weighted by molar-refractivity contribution is 7.92. The average molecular weight is 552 g/mol. The number of carbonyl (C=O) groups excluding carboxylic acids is 2. The number of methoxy groups -OCH3 is 1. The van der Waals surface area contributed by atoms with Crippen molar-refractivity contribution in [3.05, 3.63) is 90.5 Å². The molecule has 0 aliphatic heterocycles. The number of para-hydroxylation sites is 1. The Labute approximate surface area is 231 Å². The van der Waals surface area contributed by atoms with Gasteiger partial charge in [0.05, 0.1) is 17.7 Å². The maximum Gasteiger partial charge on any atom is 0.264 e. The summed E-state index contributed by atoms with van der Waals surface area (Å²) >= 11 is 0. The number of nitrogens with one attached hydrogen (secondary N) is 1. The average Bonchev–Trinajstić information content (AvgIpc) is 2.95. The van der Waals surface area contributed by atoms with Gasteiger partial charge in [-0.25, -0.2) is 8.42 Å². The van der Waals surface area contributed by atoms with Crippen LogP contribution in [-0.2, 0) is 26.2 Å². The van der Waals surface area contributed by atoms with Crippen LogP contribution in [0.4, 0.5) is 5.69 Å². The maximum atomic E-state index is 14.0. The molecule has 0 aromatic heterocycles. The van der Waals surface area contributed by atoms with Crippen molar-refractivity contribution in [1.29, 1.82) is 0 Å². The second kappa shape index (κ2) is 13.8. The van der Waals surface area contributed by atoms with E-state index < -0.39 is 28.5 Å². The van der Waals surface area contributed by atoms with E-state index in [9.17, 15) is 18.0 Å². The fourth-order valence-corrected chi connectivity index (χ4v) is 5.59. The lowest BCUT2D eigenvalue weighted by atomic mass is 10.1. The molecule has 0 saturated carbocycles. The summed E-state index contributed by atoms with van der Waals surface area (Å²) in [6, 6.07) is 23.0. The van der Waals surface area contributed by atoms with E-state index in [1.165, 1.54) is 17.0 Å². The van der Waals surface area contributed by atoms with Gasteiger partial charge in [0.2, 0.25) is 11.8 Å². The molecular formula is C30H37N3O5S. The van der Waals surface area contributed by atoms with E-state index in [1.807, 2.05) is 32.9 Å². The van der Waals surface area contributed by atoms with E-state index in [1.54, 1.807) is 67.8 Å². The molecule has 3 rings (SSSR count). The van der Waals surface area contributed by atoms with E-state index in [2.05, 4.69) is 5.32 Å². The minimum atomic E-state index is -4.08. The van der Waals surface area contributed by atoms with E-state index in [0.29, 0.717) is 24.4 Å². The van der Waals surface area contributed by atoms with E-state index in [4.69, 9.17) is 4.74 Å². The highest BCUT2D eigenvalue weighted by Crippen LogP contribution is 2.25. The summed E-state index contributed by atoms with van der Waals surface area (Å²) < 4.78 is 33.9. The molecule has 0 fully saturated rings. The Balaban J connectivity index is 2.02. The zero-order chi connectivity index (χ0) is 28.4. The molecule has 2 amide bonds. The van der Waals surface area contributed by atoms with Crippen molar-refractivity contribution < 1.29 is 22.7 Å². The third-order valence-corrected chi connectivity index (χ3v) is 8.00. The number of ether oxygens (including phenoxy) is 1. The van der Waals surface area contributed by atoms with Gasteiger partial charge in [0.15, 0.2) is 0 Å². The van der Waals surface area contributed by atoms with Crippen LogP contribution < -0.4 is 14.4 Å². The Morgan fingerprint density at radius 2 is 1.56 bits per heavy atom. The van der Waals surface area contributed by atoms with Crippen LogP contribution in [0.25, 0.3) is 0 Å². The summed E-state index contributed by atoms with van der Waals surface area (Å²) in [6.07, 6.45) is 0.358. The third-order valence-electron chi connectivity index (χ3n) is 6.21. The van der Waals surface area contributed by atoms with Crippen LogP contribution in [0.2, 0.25) is 0 Å². The van der Waals surface area contributed by atoms with Crippen LogP contribution in [-0.4, -0.2) is 51.4 Å². The second-order valence-corrected chi connectivity index (χ2v) is 11.5. The number of nitrogens with zero attached hydrogens (tertiary/aromatic N) is 2. The molecule has 1 N–H and O–H groups in total. The molecule has 3 aromatic rings. The Morgan fingerprint density at radius 1 is 0.923 bits per heavy atom. The van der Waals surface area contributed by atoms with E-state index in [-0.39, 0.29) is 23.3 Å². The van der Waals surface area contributed by atoms with Crippen molar-refractivity contribution in [3.8, 4) is 5.75 Å². The Kier molecular flexibility index (Phi) is 10.5. The molecule has 3 aromatic carbocycles. The molecule has 39 heavy (non-hydrogen) atoms. The lowest BCUT2D eigenvalue weighted by Crippen LogP contribution is -2.52. The molecule has 208 valence electrons. The molecule has 0 heterocycles. The van der Waals surface area contributed by atoms with Gasteiger partial charge in [0, 0.05) is 13.1 Å². The van der Waals surface area contributed by atoms with Crippen molar-refractivity contribution in [3.63, 3.8) is 0 Å². The standard InChI is InChI=1S/C30H37N3O5S/c1-5-28(30(35)31-20-23(2)3)32(21-24-13-12-16-26(19-24)38-4)29(34)22-33(25-14-8-6-9-15-25)39(36,37)27-17-10-7-11-18-27/h6-19,23,28H,5,20-22H2,1-4H3,(H,31,35)/t28-/m0/s1. The van der Waals surface area contributed by atoms with Gasteiger partial charge in [-0.15, -0.1) is 0 Å². The number of benzene rings is 3. The van der Waals surface area contributed by atoms with Crippen LogP contribution in [0, 0.1) is 5.92 Å². The van der Waals surface area contributed by atoms with Crippen LogP contribution in [0.1, 0.15) is 32.8 Å². The maximum absolute atomic E-state index is 14.0. The minimum absolute atomic E-state index is 0.0720. The molecule has 0 spiro atoms. The number of sulfonamides is 1. The molecule has 0 aliphatic rings. The molecule has 0 radical (unpaired) electrons. The topological polar surface area (TPSA) is 96.0 Å². The molecule has 1 atom stereocenters. The zero-order valence-corrected chi connectivity index (χ0v) is 23.7. The largest absolute Gasteiger partial charge is 0.497 e. The summed E-state index contributed by atoms with van der Waals surface area (Å²) in [5.41, 5.74) is 1.11. The minimum Gasteiger partial charge on any atom is -0.497 e. The molecule has 9 heteroatoms. The second-order valence-electron chi connectivity index (χ2n) is 9.60. The Morgan fingerprint density at radius 3 is 2.15 bits per heavy atom. The highest BCUT2D eigenvalue weighted by atomic mass is 32.2. The fraction of sp³-hybridized carbons (Fsp3) is 0.333. The number of hydrogen-bond acceptors (Lipinski definition) is 5. The smallest absolute Gasteiger partial charge is 0.264 e. The predicted octanol–water partition coefficient (Wildman–Crippen LogP) is 4.47. The first-order valence-electron chi connectivity index (χ1n) is 13.0. The first-order valence-corrected chi connectivity index (χ1v) is 14.4. The third kappa shape index (κ3) is 7.83. The first-order chi connectivity index (χ1) is 18.7. The van der Waals surface area contributed by atoms with Gasteiger partial charge >= 0.3 is 0 Å². The van der Waals surface area contributed by atoms with E-state index >= 15 is 0 Å². The quantitative estimate of drug-likeness (QED) is 0.338. The van der Waals surface area contributed by atoms with Crippen molar-refractivity contribution in [2.45, 2.75) is 44.7 Å². The lowest BCUT2D eigenvalue weighted by Gasteiger charge is -2.33. The van der Waals surface area contributed by atoms with E-state index in [0.717, 1.165) is 9.87 Å². The summed E-state index contributed by atoms with van der Waals surface area (Å²) in [5, 5.41) is 2.93. The fourth-order valence-electron chi connectivity index (χ4n) is 4.15. The van der Waals surface area contributed by atoms with Gasteiger partial charge in [-0.05, 0) is 54.3 Å². The highest BCUT2D eigenvalue weighted by Gasteiger charge is 2.33. The van der Waals surface area contributed by atoms with Crippen LogP contribution in [0.5, 0.6) is 5.75 Å². The van der Waals surface area contributed by atoms with Crippen molar-refractivity contribution in [1.82, 2.24) is 10.2 Å². The van der Waals surface area contributed by atoms with Crippen molar-refractivity contribution in [2.24, 2.45) is 5.92 Å². The summed E-state index contributed by atoms with van der Waals surface area (Å²) in [6.45, 7) is 5.92. The van der Waals surface area contributed by atoms with Crippen LogP contribution >= 0.6 is 0 Å². The summed E-state index contributed by atoms with van der Waals surface area (Å²) in [5.74, 6) is 0.0840. The monoisotopic (exact) mass is 551 g/mol. The number of hydrogen-bond donors (Lipinski definition) is 1. The van der Waals surface area contributed by atoms with Gasteiger partial charge in [-0.1, -0.05) is 69.3 Å². The van der Waals surface area contributed by atoms with Gasteiger partial charge in [0.1, 0.15) is 18.3 Å². The molecule has 0 bridgehead atoms.